The van der Waals surface area contributed by atoms with Gasteiger partial charge in [0.1, 0.15) is 12.1 Å². The van der Waals surface area contributed by atoms with Crippen molar-refractivity contribution < 1.29 is 14.6 Å². The highest BCUT2D eigenvalue weighted by molar-refractivity contribution is 5.76. The minimum absolute atomic E-state index is 0.0150. The van der Waals surface area contributed by atoms with Crippen molar-refractivity contribution >= 4 is 11.8 Å². The lowest BCUT2D eigenvalue weighted by atomic mass is 9.74. The zero-order valence-corrected chi connectivity index (χ0v) is 12.9. The Labute approximate surface area is 119 Å². The number of nitrogens with one attached hydrogen (secondary N) is 1. The van der Waals surface area contributed by atoms with Gasteiger partial charge in [-0.05, 0) is 41.5 Å². The van der Waals surface area contributed by atoms with Crippen molar-refractivity contribution in [2.75, 3.05) is 5.32 Å². The summed E-state index contributed by atoms with van der Waals surface area (Å²) in [6.45, 7) is 10.8. The van der Waals surface area contributed by atoms with Gasteiger partial charge in [-0.3, -0.25) is 4.79 Å². The zero-order valence-electron chi connectivity index (χ0n) is 12.9. The molecule has 1 aromatic heterocycles. The predicted molar refractivity (Wildman–Crippen MR) is 76.9 cm³/mol. The number of nitrogens with zero attached hydrogens (tertiary/aromatic N) is 2. The first-order chi connectivity index (χ1) is 9.06. The smallest absolute Gasteiger partial charge is 0.311 e. The summed E-state index contributed by atoms with van der Waals surface area (Å²) < 4.78 is 5.49. The van der Waals surface area contributed by atoms with Crippen LogP contribution in [0.3, 0.4) is 0 Å². The topological polar surface area (TPSA) is 84.3 Å². The minimum atomic E-state index is -0.961. The van der Waals surface area contributed by atoms with E-state index in [0.717, 1.165) is 0 Å². The number of anilines is 1. The Kier molecular flexibility index (Phi) is 4.57. The van der Waals surface area contributed by atoms with Gasteiger partial charge >= 0.3 is 5.97 Å². The molecule has 0 spiro atoms. The summed E-state index contributed by atoms with van der Waals surface area (Å²) in [6, 6.07) is 1.67. The molecule has 0 aliphatic heterocycles. The summed E-state index contributed by atoms with van der Waals surface area (Å²) in [4.78, 5) is 19.5. The van der Waals surface area contributed by atoms with E-state index in [9.17, 15) is 9.90 Å². The van der Waals surface area contributed by atoms with E-state index in [2.05, 4.69) is 15.3 Å². The van der Waals surface area contributed by atoms with Gasteiger partial charge in [0.25, 0.3) is 0 Å². The Balaban J connectivity index is 2.95. The molecule has 0 saturated heterocycles. The molecule has 0 aliphatic rings. The molecule has 0 amide bonds. The largest absolute Gasteiger partial charge is 0.481 e. The highest BCUT2D eigenvalue weighted by Crippen LogP contribution is 2.33. The average Bonchev–Trinajstić information content (AvgIpc) is 2.27. The summed E-state index contributed by atoms with van der Waals surface area (Å²) in [5, 5.41) is 12.5. The van der Waals surface area contributed by atoms with E-state index in [1.54, 1.807) is 19.9 Å². The monoisotopic (exact) mass is 281 g/mol. The molecule has 112 valence electrons. The maximum Gasteiger partial charge on any atom is 0.311 e. The minimum Gasteiger partial charge on any atom is -0.481 e. The lowest BCUT2D eigenvalue weighted by Crippen LogP contribution is -2.50. The van der Waals surface area contributed by atoms with Crippen LogP contribution in [0.2, 0.25) is 0 Å². The lowest BCUT2D eigenvalue weighted by molar-refractivity contribution is -0.149. The summed E-state index contributed by atoms with van der Waals surface area (Å²) in [6.07, 6.45) is 1.41. The van der Waals surface area contributed by atoms with Crippen LogP contribution in [0, 0.1) is 5.41 Å². The van der Waals surface area contributed by atoms with Gasteiger partial charge in [0, 0.05) is 11.6 Å². The number of hydrogen-bond donors (Lipinski definition) is 2. The molecule has 1 rings (SSSR count). The van der Waals surface area contributed by atoms with E-state index in [4.69, 9.17) is 4.74 Å². The molecule has 0 saturated carbocycles. The van der Waals surface area contributed by atoms with Crippen molar-refractivity contribution in [1.29, 1.82) is 0 Å². The number of ether oxygens (including phenoxy) is 1. The number of carboxylic acid groups (broad SMARTS) is 1. The number of carboxylic acids is 1. The van der Waals surface area contributed by atoms with Crippen molar-refractivity contribution in [3.63, 3.8) is 0 Å². The average molecular weight is 281 g/mol. The lowest BCUT2D eigenvalue weighted by Gasteiger charge is -2.39. The van der Waals surface area contributed by atoms with Gasteiger partial charge in [-0.2, -0.15) is 0 Å². The van der Waals surface area contributed by atoms with Gasteiger partial charge in [-0.25, -0.2) is 9.97 Å². The van der Waals surface area contributed by atoms with E-state index in [0.29, 0.717) is 11.7 Å². The van der Waals surface area contributed by atoms with Gasteiger partial charge in [0.15, 0.2) is 0 Å². The van der Waals surface area contributed by atoms with E-state index in [-0.39, 0.29) is 6.10 Å². The molecule has 6 heteroatoms. The third-order valence-electron chi connectivity index (χ3n) is 3.54. The Morgan fingerprint density at radius 3 is 2.40 bits per heavy atom. The van der Waals surface area contributed by atoms with E-state index < -0.39 is 16.9 Å². The van der Waals surface area contributed by atoms with Gasteiger partial charge in [0.05, 0.1) is 11.5 Å². The van der Waals surface area contributed by atoms with Gasteiger partial charge in [-0.1, -0.05) is 0 Å². The molecule has 0 atom stereocenters. The molecule has 0 radical (unpaired) electrons. The van der Waals surface area contributed by atoms with E-state index in [1.807, 2.05) is 27.7 Å². The first kappa shape index (κ1) is 16.2. The summed E-state index contributed by atoms with van der Waals surface area (Å²) >= 11 is 0. The summed E-state index contributed by atoms with van der Waals surface area (Å²) in [5.41, 5.74) is -1.65. The molecule has 0 aliphatic carbocycles. The second-order valence-corrected chi connectivity index (χ2v) is 6.09. The highest BCUT2D eigenvalue weighted by atomic mass is 16.5. The SMILES string of the molecule is CC(C)Oc1cc(NC(C)(C)C(C)(C)C(=O)O)ncn1. The van der Waals surface area contributed by atoms with Crippen LogP contribution in [0.15, 0.2) is 12.4 Å². The number of rotatable bonds is 6. The molecule has 0 aromatic carbocycles. The molecule has 1 heterocycles. The molecular weight excluding hydrogens is 258 g/mol. The summed E-state index contributed by atoms with van der Waals surface area (Å²) in [7, 11) is 0. The van der Waals surface area contributed by atoms with Gasteiger partial charge in [0.2, 0.25) is 5.88 Å². The normalized spacial score (nSPS) is 12.3. The fourth-order valence-corrected chi connectivity index (χ4v) is 1.46. The standard InChI is InChI=1S/C14H23N3O3/c1-9(2)20-11-7-10(15-8-16-11)17-14(5,6)13(3,4)12(18)19/h7-9H,1-6H3,(H,18,19)(H,15,16,17). The molecular formula is C14H23N3O3. The van der Waals surface area contributed by atoms with Crippen molar-refractivity contribution in [2.24, 2.45) is 5.41 Å². The van der Waals surface area contributed by atoms with Crippen LogP contribution in [0.5, 0.6) is 5.88 Å². The molecule has 0 bridgehead atoms. The molecule has 6 nitrogen and oxygen atoms in total. The first-order valence-corrected chi connectivity index (χ1v) is 6.56. The van der Waals surface area contributed by atoms with Crippen LogP contribution < -0.4 is 10.1 Å². The number of aromatic nitrogens is 2. The number of carbonyl (C=O) groups is 1. The zero-order chi connectivity index (χ0) is 15.6. The van der Waals surface area contributed by atoms with Crippen molar-refractivity contribution in [3.8, 4) is 5.88 Å². The number of hydrogen-bond acceptors (Lipinski definition) is 5. The second-order valence-electron chi connectivity index (χ2n) is 6.09. The van der Waals surface area contributed by atoms with Gasteiger partial charge in [-0.15, -0.1) is 0 Å². The Morgan fingerprint density at radius 2 is 1.90 bits per heavy atom. The highest BCUT2D eigenvalue weighted by Gasteiger charge is 2.43. The predicted octanol–water partition coefficient (Wildman–Crippen LogP) is 2.57. The van der Waals surface area contributed by atoms with E-state index >= 15 is 0 Å². The molecule has 2 N–H and O–H groups in total. The Morgan fingerprint density at radius 1 is 1.30 bits per heavy atom. The molecule has 1 aromatic rings. The Hall–Kier alpha value is -1.85. The quantitative estimate of drug-likeness (QED) is 0.833. The van der Waals surface area contributed by atoms with Crippen molar-refractivity contribution in [3.05, 3.63) is 12.4 Å². The first-order valence-electron chi connectivity index (χ1n) is 6.56. The van der Waals surface area contributed by atoms with Crippen LogP contribution >= 0.6 is 0 Å². The second kappa shape index (κ2) is 5.64. The fraction of sp³-hybridized carbons (Fsp3) is 0.643. The summed E-state index contributed by atoms with van der Waals surface area (Å²) in [5.74, 6) is 0.124. The third kappa shape index (κ3) is 3.59. The van der Waals surface area contributed by atoms with E-state index in [1.165, 1.54) is 6.33 Å². The van der Waals surface area contributed by atoms with Crippen molar-refractivity contribution in [1.82, 2.24) is 9.97 Å². The third-order valence-corrected chi connectivity index (χ3v) is 3.54. The van der Waals surface area contributed by atoms with Gasteiger partial charge < -0.3 is 15.2 Å². The fourth-order valence-electron chi connectivity index (χ4n) is 1.46. The maximum absolute atomic E-state index is 11.4. The van der Waals surface area contributed by atoms with Crippen LogP contribution in [0.1, 0.15) is 41.5 Å². The van der Waals surface area contributed by atoms with Crippen LogP contribution in [0.25, 0.3) is 0 Å². The van der Waals surface area contributed by atoms with Crippen LogP contribution in [-0.2, 0) is 4.79 Å². The molecule has 20 heavy (non-hydrogen) atoms. The van der Waals surface area contributed by atoms with Crippen molar-refractivity contribution in [2.45, 2.75) is 53.2 Å². The molecule has 0 fully saturated rings. The van der Waals surface area contributed by atoms with Crippen LogP contribution in [0.4, 0.5) is 5.82 Å². The maximum atomic E-state index is 11.4. The Bertz CT molecular complexity index is 484. The number of aliphatic carboxylic acids is 1. The molecule has 0 unspecified atom stereocenters. The van der Waals surface area contributed by atoms with Crippen LogP contribution in [-0.4, -0.2) is 32.7 Å².